The number of carbonyl (C=O) groups excluding carboxylic acids is 1. The summed E-state index contributed by atoms with van der Waals surface area (Å²) in [5.74, 6) is 0.792. The van der Waals surface area contributed by atoms with E-state index in [0.29, 0.717) is 13.1 Å². The van der Waals surface area contributed by atoms with E-state index in [4.69, 9.17) is 4.74 Å². The van der Waals surface area contributed by atoms with Crippen LogP contribution in [0.1, 0.15) is 12.6 Å². The van der Waals surface area contributed by atoms with Crippen molar-refractivity contribution in [3.05, 3.63) is 23.5 Å². The van der Waals surface area contributed by atoms with Crippen molar-refractivity contribution in [1.29, 1.82) is 0 Å². The Labute approximate surface area is 139 Å². The second kappa shape index (κ2) is 6.57. The molecule has 1 aliphatic rings. The molecule has 2 aromatic rings. The lowest BCUT2D eigenvalue weighted by molar-refractivity contribution is -0.145. The number of thiazole rings is 1. The Kier molecular flexibility index (Phi) is 4.51. The highest BCUT2D eigenvalue weighted by Crippen LogP contribution is 2.24. The largest absolute Gasteiger partial charge is 0.469 e. The fourth-order valence-corrected chi connectivity index (χ4v) is 3.68. The lowest BCUT2D eigenvalue weighted by Crippen LogP contribution is -2.40. The number of hydrogen-bond acceptors (Lipinski definition) is 5. The fraction of sp³-hybridized carbons (Fsp3) is 0.533. The van der Waals surface area contributed by atoms with E-state index in [0.717, 1.165) is 23.2 Å². The second-order valence-electron chi connectivity index (χ2n) is 5.74. The van der Waals surface area contributed by atoms with Gasteiger partial charge in [0.15, 0.2) is 10.9 Å². The third-order valence-corrected chi connectivity index (χ3v) is 4.97. The van der Waals surface area contributed by atoms with Gasteiger partial charge in [-0.3, -0.25) is 14.2 Å². The number of hydrogen-bond donors (Lipinski definition) is 1. The Morgan fingerprint density at radius 1 is 1.57 bits per heavy atom. The van der Waals surface area contributed by atoms with Crippen molar-refractivity contribution in [3.8, 4) is 0 Å². The lowest BCUT2D eigenvalue weighted by Gasteiger charge is -2.21. The maximum atomic E-state index is 11.8. The molecule has 0 amide bonds. The number of rotatable bonds is 3. The molecule has 1 aliphatic heterocycles. The number of likely N-dealkylation sites (tertiary alicyclic amines) is 1. The van der Waals surface area contributed by atoms with E-state index >= 15 is 0 Å². The second-order valence-corrected chi connectivity index (χ2v) is 6.61. The Bertz CT molecular complexity index is 694. The summed E-state index contributed by atoms with van der Waals surface area (Å²) >= 11 is 1.61. The van der Waals surface area contributed by atoms with Crippen LogP contribution in [0.25, 0.3) is 4.96 Å². The van der Waals surface area contributed by atoms with E-state index in [1.165, 1.54) is 7.11 Å². The number of aliphatic imine (C=N–C) groups is 1. The summed E-state index contributed by atoms with van der Waals surface area (Å²) in [4.78, 5) is 23.8. The molecule has 2 atom stereocenters. The summed E-state index contributed by atoms with van der Waals surface area (Å²) in [7, 11) is 3.19. The maximum absolute atomic E-state index is 11.8. The van der Waals surface area contributed by atoms with Crippen molar-refractivity contribution in [1.82, 2.24) is 19.6 Å². The molecule has 2 aromatic heterocycles. The first-order valence-electron chi connectivity index (χ1n) is 7.57. The van der Waals surface area contributed by atoms with Gasteiger partial charge in [0.2, 0.25) is 0 Å². The zero-order valence-corrected chi connectivity index (χ0v) is 14.3. The van der Waals surface area contributed by atoms with Crippen LogP contribution in [0.5, 0.6) is 0 Å². The van der Waals surface area contributed by atoms with Crippen LogP contribution in [0.4, 0.5) is 0 Å². The number of imidazole rings is 1. The van der Waals surface area contributed by atoms with Crippen LogP contribution in [0.3, 0.4) is 0 Å². The van der Waals surface area contributed by atoms with Gasteiger partial charge in [-0.2, -0.15) is 0 Å². The number of carbonyl (C=O) groups is 1. The lowest BCUT2D eigenvalue weighted by atomic mass is 9.99. The van der Waals surface area contributed by atoms with Crippen molar-refractivity contribution in [2.75, 3.05) is 27.2 Å². The highest BCUT2D eigenvalue weighted by Gasteiger charge is 2.36. The number of fused-ring (bicyclic) bond motifs is 1. The predicted octanol–water partition coefficient (Wildman–Crippen LogP) is 1.21. The summed E-state index contributed by atoms with van der Waals surface area (Å²) in [6.45, 7) is 4.09. The minimum absolute atomic E-state index is 0.100. The number of aromatic nitrogens is 2. The SMILES string of the molecule is CN=C(NCc1cn2ccsc2n1)N1CC(C)C(C(=O)OC)C1. The summed E-state index contributed by atoms with van der Waals surface area (Å²) in [6, 6.07) is 0. The molecule has 3 rings (SSSR count). The van der Waals surface area contributed by atoms with Gasteiger partial charge in [0.05, 0.1) is 25.3 Å². The molecule has 8 heteroatoms. The van der Waals surface area contributed by atoms with Crippen LogP contribution < -0.4 is 5.32 Å². The molecule has 0 radical (unpaired) electrons. The summed E-state index contributed by atoms with van der Waals surface area (Å²) < 4.78 is 6.89. The van der Waals surface area contributed by atoms with Gasteiger partial charge >= 0.3 is 5.97 Å². The molecule has 0 aliphatic carbocycles. The molecule has 3 heterocycles. The van der Waals surface area contributed by atoms with Gasteiger partial charge in [0.1, 0.15) is 0 Å². The average molecular weight is 335 g/mol. The smallest absolute Gasteiger partial charge is 0.310 e. The molecule has 0 spiro atoms. The molecule has 0 aromatic carbocycles. The molecule has 1 saturated heterocycles. The Balaban J connectivity index is 1.62. The zero-order valence-electron chi connectivity index (χ0n) is 13.5. The number of nitrogens with one attached hydrogen (secondary N) is 1. The molecular weight excluding hydrogens is 314 g/mol. The van der Waals surface area contributed by atoms with Crippen molar-refractivity contribution in [2.45, 2.75) is 13.5 Å². The van der Waals surface area contributed by atoms with E-state index in [1.807, 2.05) is 22.2 Å². The first kappa shape index (κ1) is 15.8. The highest BCUT2D eigenvalue weighted by atomic mass is 32.1. The Morgan fingerprint density at radius 3 is 3.09 bits per heavy atom. The van der Waals surface area contributed by atoms with Crippen LogP contribution in [-0.4, -0.2) is 53.5 Å². The van der Waals surface area contributed by atoms with Gasteiger partial charge in [-0.1, -0.05) is 6.92 Å². The third-order valence-electron chi connectivity index (χ3n) is 4.20. The molecule has 23 heavy (non-hydrogen) atoms. The molecule has 124 valence electrons. The molecule has 0 saturated carbocycles. The fourth-order valence-electron chi connectivity index (χ4n) is 2.96. The van der Waals surface area contributed by atoms with Gasteiger partial charge in [-0.05, 0) is 5.92 Å². The van der Waals surface area contributed by atoms with Gasteiger partial charge in [0, 0.05) is 37.9 Å². The van der Waals surface area contributed by atoms with Gasteiger partial charge in [-0.25, -0.2) is 4.98 Å². The zero-order chi connectivity index (χ0) is 16.4. The molecule has 1 fully saturated rings. The molecule has 2 unspecified atom stereocenters. The minimum Gasteiger partial charge on any atom is -0.469 e. The summed E-state index contributed by atoms with van der Waals surface area (Å²) in [5.41, 5.74) is 0.967. The van der Waals surface area contributed by atoms with Crippen molar-refractivity contribution in [3.63, 3.8) is 0 Å². The van der Waals surface area contributed by atoms with Crippen LogP contribution in [0.15, 0.2) is 22.8 Å². The predicted molar refractivity (Wildman–Crippen MR) is 89.5 cm³/mol. The number of ether oxygens (including phenoxy) is 1. The van der Waals surface area contributed by atoms with Crippen LogP contribution in [-0.2, 0) is 16.1 Å². The van der Waals surface area contributed by atoms with Gasteiger partial charge in [-0.15, -0.1) is 11.3 Å². The normalized spacial score (nSPS) is 21.9. The maximum Gasteiger partial charge on any atom is 0.310 e. The van der Waals surface area contributed by atoms with Crippen LogP contribution in [0.2, 0.25) is 0 Å². The molecular formula is C15H21N5O2S. The summed E-state index contributed by atoms with van der Waals surface area (Å²) in [6.07, 6.45) is 4.00. The van der Waals surface area contributed by atoms with Crippen LogP contribution >= 0.6 is 11.3 Å². The van der Waals surface area contributed by atoms with Crippen molar-refractivity contribution >= 4 is 28.2 Å². The Morgan fingerprint density at radius 2 is 2.39 bits per heavy atom. The number of guanidine groups is 1. The summed E-state index contributed by atoms with van der Waals surface area (Å²) in [5, 5.41) is 5.34. The standard InChI is InChI=1S/C15H21N5O2S/c1-10-7-20(9-12(10)13(21)22-3)14(16-2)17-6-11-8-19-4-5-23-15(19)18-11/h4-5,8,10,12H,6-7,9H2,1-3H3,(H,16,17). The van der Waals surface area contributed by atoms with Crippen molar-refractivity contribution in [2.24, 2.45) is 16.8 Å². The first-order valence-corrected chi connectivity index (χ1v) is 8.45. The monoisotopic (exact) mass is 335 g/mol. The van der Waals surface area contributed by atoms with E-state index in [1.54, 1.807) is 18.4 Å². The topological polar surface area (TPSA) is 71.2 Å². The molecule has 7 nitrogen and oxygen atoms in total. The first-order chi connectivity index (χ1) is 11.1. The Hall–Kier alpha value is -2.09. The van der Waals surface area contributed by atoms with E-state index in [9.17, 15) is 4.79 Å². The van der Waals surface area contributed by atoms with E-state index in [2.05, 4.69) is 27.1 Å². The molecule has 1 N–H and O–H groups in total. The van der Waals surface area contributed by atoms with Gasteiger partial charge in [0.25, 0.3) is 0 Å². The number of esters is 1. The quantitative estimate of drug-likeness (QED) is 0.519. The minimum atomic E-state index is -0.148. The highest BCUT2D eigenvalue weighted by molar-refractivity contribution is 7.15. The van der Waals surface area contributed by atoms with Gasteiger partial charge < -0.3 is 15.0 Å². The van der Waals surface area contributed by atoms with E-state index in [-0.39, 0.29) is 17.8 Å². The number of nitrogens with zero attached hydrogens (tertiary/aromatic N) is 4. The average Bonchev–Trinajstić information content (AvgIpc) is 3.22. The number of methoxy groups -OCH3 is 1. The van der Waals surface area contributed by atoms with Crippen molar-refractivity contribution < 1.29 is 9.53 Å². The molecule has 0 bridgehead atoms. The van der Waals surface area contributed by atoms with E-state index < -0.39 is 0 Å². The third kappa shape index (κ3) is 3.17. The van der Waals surface area contributed by atoms with Crippen LogP contribution in [0, 0.1) is 11.8 Å².